The molecule has 1 aliphatic heterocycles. The van der Waals surface area contributed by atoms with E-state index in [2.05, 4.69) is 10.0 Å². The van der Waals surface area contributed by atoms with Gasteiger partial charge in [-0.05, 0) is 28.8 Å². The van der Waals surface area contributed by atoms with Crippen LogP contribution >= 0.6 is 11.3 Å². The Bertz CT molecular complexity index is 819. The van der Waals surface area contributed by atoms with Crippen LogP contribution < -0.4 is 10.0 Å². The lowest BCUT2D eigenvalue weighted by Gasteiger charge is -2.06. The standard InChI is InChI=1S/C14H13N3O2S2/c15-6-13-3-4-14(20-13)21(18,19)17-7-10-1-2-11-8-16-9-12(11)5-10/h1-5,16-17H,7-9H2. The van der Waals surface area contributed by atoms with Crippen LogP contribution in [0.2, 0.25) is 0 Å². The molecule has 5 nitrogen and oxygen atoms in total. The van der Waals surface area contributed by atoms with Gasteiger partial charge in [0.1, 0.15) is 15.2 Å². The zero-order valence-corrected chi connectivity index (χ0v) is 12.7. The van der Waals surface area contributed by atoms with E-state index in [9.17, 15) is 8.42 Å². The average molecular weight is 319 g/mol. The highest BCUT2D eigenvalue weighted by Crippen LogP contribution is 2.21. The Morgan fingerprint density at radius 3 is 2.81 bits per heavy atom. The van der Waals surface area contributed by atoms with Gasteiger partial charge in [-0.2, -0.15) is 5.26 Å². The van der Waals surface area contributed by atoms with Crippen LogP contribution in [0.3, 0.4) is 0 Å². The highest BCUT2D eigenvalue weighted by atomic mass is 32.2. The largest absolute Gasteiger partial charge is 0.309 e. The number of hydrogen-bond donors (Lipinski definition) is 2. The molecule has 3 rings (SSSR count). The second kappa shape index (κ2) is 5.58. The van der Waals surface area contributed by atoms with Crippen molar-refractivity contribution in [1.82, 2.24) is 10.0 Å². The van der Waals surface area contributed by atoms with Gasteiger partial charge in [-0.1, -0.05) is 18.2 Å². The molecule has 0 radical (unpaired) electrons. The first-order chi connectivity index (χ1) is 10.1. The fourth-order valence-electron chi connectivity index (χ4n) is 2.23. The van der Waals surface area contributed by atoms with Crippen LogP contribution in [0, 0.1) is 11.3 Å². The van der Waals surface area contributed by atoms with Crippen molar-refractivity contribution < 1.29 is 8.42 Å². The Morgan fingerprint density at radius 2 is 2.05 bits per heavy atom. The summed E-state index contributed by atoms with van der Waals surface area (Å²) in [6, 6.07) is 10.9. The van der Waals surface area contributed by atoms with Gasteiger partial charge >= 0.3 is 0 Å². The molecule has 2 N–H and O–H groups in total. The summed E-state index contributed by atoms with van der Waals surface area (Å²) in [5.74, 6) is 0. The maximum absolute atomic E-state index is 12.1. The van der Waals surface area contributed by atoms with E-state index in [0.717, 1.165) is 30.0 Å². The molecule has 2 aromatic rings. The minimum absolute atomic E-state index is 0.168. The fraction of sp³-hybridized carbons (Fsp3) is 0.214. The van der Waals surface area contributed by atoms with Crippen molar-refractivity contribution in [3.05, 3.63) is 51.9 Å². The normalized spacial score (nSPS) is 13.9. The number of nitriles is 1. The summed E-state index contributed by atoms with van der Waals surface area (Å²) in [4.78, 5) is 0.388. The third kappa shape index (κ3) is 2.99. The molecule has 0 atom stereocenters. The SMILES string of the molecule is N#Cc1ccc(S(=O)(=O)NCc2ccc3c(c2)CNC3)s1. The molecule has 21 heavy (non-hydrogen) atoms. The van der Waals surface area contributed by atoms with E-state index in [1.165, 1.54) is 23.3 Å². The first-order valence-corrected chi connectivity index (χ1v) is 8.69. The van der Waals surface area contributed by atoms with E-state index < -0.39 is 10.0 Å². The van der Waals surface area contributed by atoms with Crippen molar-refractivity contribution in [3.8, 4) is 6.07 Å². The summed E-state index contributed by atoms with van der Waals surface area (Å²) >= 11 is 0.973. The number of thiophene rings is 1. The molecule has 1 aliphatic rings. The number of fused-ring (bicyclic) bond motifs is 1. The molecule has 0 amide bonds. The van der Waals surface area contributed by atoms with Crippen molar-refractivity contribution in [2.45, 2.75) is 23.8 Å². The molecule has 0 spiro atoms. The molecule has 1 aromatic carbocycles. The number of sulfonamides is 1. The highest BCUT2D eigenvalue weighted by molar-refractivity contribution is 7.91. The number of hydrogen-bond acceptors (Lipinski definition) is 5. The Morgan fingerprint density at radius 1 is 1.24 bits per heavy atom. The van der Waals surface area contributed by atoms with Crippen molar-refractivity contribution >= 4 is 21.4 Å². The monoisotopic (exact) mass is 319 g/mol. The Balaban J connectivity index is 1.73. The van der Waals surface area contributed by atoms with E-state index in [4.69, 9.17) is 5.26 Å². The van der Waals surface area contributed by atoms with Crippen LogP contribution in [-0.4, -0.2) is 8.42 Å². The van der Waals surface area contributed by atoms with Gasteiger partial charge in [-0.25, -0.2) is 13.1 Å². The van der Waals surface area contributed by atoms with E-state index >= 15 is 0 Å². The Labute approximate surface area is 127 Å². The lowest BCUT2D eigenvalue weighted by molar-refractivity contribution is 0.583. The molecule has 0 unspecified atom stereocenters. The predicted octanol–water partition coefficient (Wildman–Crippen LogP) is 1.70. The van der Waals surface area contributed by atoms with Crippen molar-refractivity contribution in [1.29, 1.82) is 5.26 Å². The maximum atomic E-state index is 12.1. The Kier molecular flexibility index (Phi) is 3.78. The van der Waals surface area contributed by atoms with Gasteiger partial charge in [0.2, 0.25) is 10.0 Å². The number of rotatable bonds is 4. The number of nitrogens with zero attached hydrogens (tertiary/aromatic N) is 1. The maximum Gasteiger partial charge on any atom is 0.250 e. The van der Waals surface area contributed by atoms with Crippen molar-refractivity contribution in [3.63, 3.8) is 0 Å². The van der Waals surface area contributed by atoms with Gasteiger partial charge in [0.05, 0.1) is 0 Å². The van der Waals surface area contributed by atoms with Crippen molar-refractivity contribution in [2.75, 3.05) is 0 Å². The van der Waals surface area contributed by atoms with Gasteiger partial charge in [-0.15, -0.1) is 11.3 Å². The quantitative estimate of drug-likeness (QED) is 0.898. The van der Waals surface area contributed by atoms with Crippen LogP contribution in [0.25, 0.3) is 0 Å². The molecule has 7 heteroatoms. The van der Waals surface area contributed by atoms with Crippen LogP contribution in [0.15, 0.2) is 34.5 Å². The van der Waals surface area contributed by atoms with Gasteiger partial charge in [-0.3, -0.25) is 0 Å². The highest BCUT2D eigenvalue weighted by Gasteiger charge is 2.17. The number of benzene rings is 1. The van der Waals surface area contributed by atoms with E-state index in [0.29, 0.717) is 4.88 Å². The third-order valence-electron chi connectivity index (χ3n) is 3.32. The predicted molar refractivity (Wildman–Crippen MR) is 80.0 cm³/mol. The smallest absolute Gasteiger partial charge is 0.250 e. The van der Waals surface area contributed by atoms with E-state index in [1.54, 1.807) is 0 Å². The van der Waals surface area contributed by atoms with Crippen LogP contribution in [0.4, 0.5) is 0 Å². The molecule has 0 fully saturated rings. The van der Waals surface area contributed by atoms with Crippen molar-refractivity contribution in [2.24, 2.45) is 0 Å². The molecular weight excluding hydrogens is 306 g/mol. The molecule has 1 aromatic heterocycles. The average Bonchev–Trinajstić information content (AvgIpc) is 3.13. The summed E-state index contributed by atoms with van der Waals surface area (Å²) in [5, 5.41) is 12.0. The topological polar surface area (TPSA) is 82.0 Å². The molecule has 0 saturated heterocycles. The van der Waals surface area contributed by atoms with Gasteiger partial charge < -0.3 is 5.32 Å². The van der Waals surface area contributed by atoms with Crippen LogP contribution in [0.1, 0.15) is 21.6 Å². The van der Waals surface area contributed by atoms with Gasteiger partial charge in [0.25, 0.3) is 0 Å². The first kappa shape index (κ1) is 14.2. The van der Waals surface area contributed by atoms with Gasteiger partial charge in [0.15, 0.2) is 0 Å². The molecular formula is C14H13N3O2S2. The summed E-state index contributed by atoms with van der Waals surface area (Å²) < 4.78 is 27.0. The molecule has 108 valence electrons. The summed E-state index contributed by atoms with van der Waals surface area (Å²) in [5.41, 5.74) is 3.41. The van der Waals surface area contributed by atoms with Crippen LogP contribution in [-0.2, 0) is 29.7 Å². The molecule has 0 saturated carbocycles. The van der Waals surface area contributed by atoms with Crippen LogP contribution in [0.5, 0.6) is 0 Å². The summed E-state index contributed by atoms with van der Waals surface area (Å²) in [6.45, 7) is 1.94. The zero-order valence-electron chi connectivity index (χ0n) is 11.1. The third-order valence-corrected chi connectivity index (χ3v) is 6.21. The second-order valence-corrected chi connectivity index (χ2v) is 7.84. The molecule has 0 aliphatic carbocycles. The van der Waals surface area contributed by atoms with E-state index in [-0.39, 0.29) is 10.8 Å². The van der Waals surface area contributed by atoms with Gasteiger partial charge in [0, 0.05) is 19.6 Å². The number of nitrogens with one attached hydrogen (secondary N) is 2. The molecule has 2 heterocycles. The van der Waals surface area contributed by atoms with E-state index in [1.807, 2.05) is 24.3 Å². The lowest BCUT2D eigenvalue weighted by atomic mass is 10.1. The zero-order chi connectivity index (χ0) is 14.9. The minimum atomic E-state index is -3.56. The Hall–Kier alpha value is -1.72. The molecule has 0 bridgehead atoms. The second-order valence-electron chi connectivity index (χ2n) is 4.76. The summed E-state index contributed by atoms with van der Waals surface area (Å²) in [7, 11) is -3.56. The summed E-state index contributed by atoms with van der Waals surface area (Å²) in [6.07, 6.45) is 0. The fourth-order valence-corrected chi connectivity index (χ4v) is 4.40. The minimum Gasteiger partial charge on any atom is -0.309 e. The first-order valence-electron chi connectivity index (χ1n) is 6.39. The lowest BCUT2D eigenvalue weighted by Crippen LogP contribution is -2.22.